The van der Waals surface area contributed by atoms with Crippen LogP contribution >= 0.6 is 0 Å². The van der Waals surface area contributed by atoms with Gasteiger partial charge in [0.25, 0.3) is 5.91 Å². The molecule has 20 heavy (non-hydrogen) atoms. The van der Waals surface area contributed by atoms with Gasteiger partial charge in [0, 0.05) is 11.8 Å². The smallest absolute Gasteiger partial charge is 0.262 e. The molecule has 1 amide bonds. The first kappa shape index (κ1) is 14.1. The maximum absolute atomic E-state index is 12.9. The second kappa shape index (κ2) is 6.19. The SMILES string of the molecule is Cc1ccc(NC(=O)COc2cccc(F)c2)cc1C. The van der Waals surface area contributed by atoms with Crippen LogP contribution in [0.1, 0.15) is 11.1 Å². The number of hydrogen-bond acceptors (Lipinski definition) is 2. The largest absolute Gasteiger partial charge is 0.484 e. The Hall–Kier alpha value is -2.36. The number of aryl methyl sites for hydroxylation is 2. The standard InChI is InChI=1S/C16H16FNO2/c1-11-6-7-14(8-12(11)2)18-16(19)10-20-15-5-3-4-13(17)9-15/h3-9H,10H2,1-2H3,(H,18,19). The number of anilines is 1. The van der Waals surface area contributed by atoms with Crippen molar-refractivity contribution in [2.75, 3.05) is 11.9 Å². The summed E-state index contributed by atoms with van der Waals surface area (Å²) in [4.78, 5) is 11.7. The Bertz CT molecular complexity index is 626. The molecule has 0 bridgehead atoms. The summed E-state index contributed by atoms with van der Waals surface area (Å²) in [5.41, 5.74) is 2.99. The third-order valence-electron chi connectivity index (χ3n) is 2.96. The van der Waals surface area contributed by atoms with Gasteiger partial charge in [0.05, 0.1) is 0 Å². The number of carbonyl (C=O) groups excluding carboxylic acids is 1. The van der Waals surface area contributed by atoms with E-state index in [-0.39, 0.29) is 12.5 Å². The molecule has 2 aromatic carbocycles. The molecule has 0 unspecified atom stereocenters. The summed E-state index contributed by atoms with van der Waals surface area (Å²) in [5.74, 6) is -0.338. The molecule has 0 fully saturated rings. The van der Waals surface area contributed by atoms with Gasteiger partial charge in [-0.1, -0.05) is 12.1 Å². The average molecular weight is 273 g/mol. The summed E-state index contributed by atoms with van der Waals surface area (Å²) in [7, 11) is 0. The van der Waals surface area contributed by atoms with Crippen molar-refractivity contribution in [1.82, 2.24) is 0 Å². The van der Waals surface area contributed by atoms with Gasteiger partial charge in [-0.25, -0.2) is 4.39 Å². The molecular formula is C16H16FNO2. The average Bonchev–Trinajstić information content (AvgIpc) is 2.41. The lowest BCUT2D eigenvalue weighted by atomic mass is 10.1. The van der Waals surface area contributed by atoms with Crippen LogP contribution in [0.2, 0.25) is 0 Å². The second-order valence-corrected chi connectivity index (χ2v) is 4.59. The van der Waals surface area contributed by atoms with Crippen molar-refractivity contribution < 1.29 is 13.9 Å². The number of benzene rings is 2. The minimum atomic E-state index is -0.392. The van der Waals surface area contributed by atoms with Crippen molar-refractivity contribution in [1.29, 1.82) is 0 Å². The molecule has 3 nitrogen and oxygen atoms in total. The minimum absolute atomic E-state index is 0.156. The predicted molar refractivity (Wildman–Crippen MR) is 76.4 cm³/mol. The number of rotatable bonds is 4. The summed E-state index contributed by atoms with van der Waals surface area (Å²) >= 11 is 0. The quantitative estimate of drug-likeness (QED) is 0.926. The van der Waals surface area contributed by atoms with Crippen molar-refractivity contribution in [2.24, 2.45) is 0 Å². The van der Waals surface area contributed by atoms with E-state index in [9.17, 15) is 9.18 Å². The zero-order valence-corrected chi connectivity index (χ0v) is 11.4. The molecule has 0 aliphatic heterocycles. The van der Waals surface area contributed by atoms with Gasteiger partial charge in [-0.3, -0.25) is 4.79 Å². The Labute approximate surface area is 117 Å². The van der Waals surface area contributed by atoms with Gasteiger partial charge in [0.1, 0.15) is 11.6 Å². The molecule has 2 rings (SSSR count). The van der Waals surface area contributed by atoms with Crippen LogP contribution in [-0.4, -0.2) is 12.5 Å². The van der Waals surface area contributed by atoms with Gasteiger partial charge in [-0.2, -0.15) is 0 Å². The van der Waals surface area contributed by atoms with E-state index < -0.39 is 5.82 Å². The summed E-state index contributed by atoms with van der Waals surface area (Å²) in [5, 5.41) is 2.74. The first-order chi connectivity index (χ1) is 9.54. The highest BCUT2D eigenvalue weighted by atomic mass is 19.1. The highest BCUT2D eigenvalue weighted by molar-refractivity contribution is 5.92. The zero-order chi connectivity index (χ0) is 14.5. The monoisotopic (exact) mass is 273 g/mol. The first-order valence-corrected chi connectivity index (χ1v) is 6.30. The molecule has 0 atom stereocenters. The lowest BCUT2D eigenvalue weighted by Gasteiger charge is -2.09. The van der Waals surface area contributed by atoms with Crippen molar-refractivity contribution in [3.63, 3.8) is 0 Å². The molecule has 0 saturated heterocycles. The summed E-state index contributed by atoms with van der Waals surface area (Å²) in [6.07, 6.45) is 0. The topological polar surface area (TPSA) is 38.3 Å². The Morgan fingerprint density at radius 3 is 2.65 bits per heavy atom. The van der Waals surface area contributed by atoms with Gasteiger partial charge in [-0.05, 0) is 49.2 Å². The Morgan fingerprint density at radius 1 is 1.15 bits per heavy atom. The zero-order valence-electron chi connectivity index (χ0n) is 11.4. The van der Waals surface area contributed by atoms with E-state index in [1.165, 1.54) is 23.8 Å². The van der Waals surface area contributed by atoms with Crippen molar-refractivity contribution in [2.45, 2.75) is 13.8 Å². The van der Waals surface area contributed by atoms with Crippen molar-refractivity contribution >= 4 is 11.6 Å². The molecule has 104 valence electrons. The van der Waals surface area contributed by atoms with Crippen LogP contribution in [0.5, 0.6) is 5.75 Å². The third kappa shape index (κ3) is 3.82. The highest BCUT2D eigenvalue weighted by Gasteiger charge is 2.05. The molecule has 4 heteroatoms. The van der Waals surface area contributed by atoms with E-state index in [2.05, 4.69) is 5.32 Å². The van der Waals surface area contributed by atoms with E-state index >= 15 is 0 Å². The Morgan fingerprint density at radius 2 is 1.95 bits per heavy atom. The Kier molecular flexibility index (Phi) is 4.35. The number of nitrogens with one attached hydrogen (secondary N) is 1. The van der Waals surface area contributed by atoms with Gasteiger partial charge in [-0.15, -0.1) is 0 Å². The fourth-order valence-electron chi connectivity index (χ4n) is 1.72. The van der Waals surface area contributed by atoms with Crippen molar-refractivity contribution in [3.05, 3.63) is 59.4 Å². The van der Waals surface area contributed by atoms with Crippen LogP contribution in [0.25, 0.3) is 0 Å². The maximum atomic E-state index is 12.9. The van der Waals surface area contributed by atoms with Crippen LogP contribution in [0.4, 0.5) is 10.1 Å². The first-order valence-electron chi connectivity index (χ1n) is 6.30. The third-order valence-corrected chi connectivity index (χ3v) is 2.96. The molecule has 0 saturated carbocycles. The van der Waals surface area contributed by atoms with E-state index in [4.69, 9.17) is 4.74 Å². The number of carbonyl (C=O) groups is 1. The van der Waals surface area contributed by atoms with E-state index in [0.29, 0.717) is 5.75 Å². The summed E-state index contributed by atoms with van der Waals surface area (Å²) in [6, 6.07) is 11.4. The molecule has 0 aromatic heterocycles. The maximum Gasteiger partial charge on any atom is 0.262 e. The number of halogens is 1. The van der Waals surface area contributed by atoms with Crippen LogP contribution < -0.4 is 10.1 Å². The van der Waals surface area contributed by atoms with Crippen molar-refractivity contribution in [3.8, 4) is 5.75 Å². The fourth-order valence-corrected chi connectivity index (χ4v) is 1.72. The predicted octanol–water partition coefficient (Wildman–Crippen LogP) is 3.46. The second-order valence-electron chi connectivity index (χ2n) is 4.59. The van der Waals surface area contributed by atoms with Gasteiger partial charge >= 0.3 is 0 Å². The Balaban J connectivity index is 1.91. The number of ether oxygens (including phenoxy) is 1. The molecule has 0 aliphatic carbocycles. The van der Waals surface area contributed by atoms with E-state index in [1.807, 2.05) is 32.0 Å². The van der Waals surface area contributed by atoms with Gasteiger partial charge in [0.15, 0.2) is 6.61 Å². The van der Waals surface area contributed by atoms with Crippen LogP contribution in [-0.2, 0) is 4.79 Å². The molecule has 0 radical (unpaired) electrons. The molecular weight excluding hydrogens is 257 g/mol. The summed E-state index contributed by atoms with van der Waals surface area (Å²) < 4.78 is 18.2. The minimum Gasteiger partial charge on any atom is -0.484 e. The number of hydrogen-bond donors (Lipinski definition) is 1. The summed E-state index contributed by atoms with van der Waals surface area (Å²) in [6.45, 7) is 3.83. The number of amides is 1. The molecule has 0 spiro atoms. The van der Waals surface area contributed by atoms with E-state index in [0.717, 1.165) is 11.3 Å². The van der Waals surface area contributed by atoms with Gasteiger partial charge in [0.2, 0.25) is 0 Å². The van der Waals surface area contributed by atoms with Crippen LogP contribution in [0.15, 0.2) is 42.5 Å². The lowest BCUT2D eigenvalue weighted by Crippen LogP contribution is -2.20. The van der Waals surface area contributed by atoms with Crippen LogP contribution in [0.3, 0.4) is 0 Å². The normalized spacial score (nSPS) is 10.2. The lowest BCUT2D eigenvalue weighted by molar-refractivity contribution is -0.118. The molecule has 0 aliphatic rings. The molecule has 1 N–H and O–H groups in total. The van der Waals surface area contributed by atoms with E-state index in [1.54, 1.807) is 6.07 Å². The molecule has 0 heterocycles. The highest BCUT2D eigenvalue weighted by Crippen LogP contribution is 2.15. The molecule has 2 aromatic rings. The van der Waals surface area contributed by atoms with Crippen LogP contribution in [0, 0.1) is 19.7 Å². The fraction of sp³-hybridized carbons (Fsp3) is 0.188. The van der Waals surface area contributed by atoms with Gasteiger partial charge < -0.3 is 10.1 Å².